The van der Waals surface area contributed by atoms with Gasteiger partial charge in [-0.3, -0.25) is 19.7 Å². The Hall–Kier alpha value is -2.93. The Bertz CT molecular complexity index is 879. The van der Waals surface area contributed by atoms with E-state index in [0.29, 0.717) is 17.9 Å². The van der Waals surface area contributed by atoms with E-state index in [1.54, 1.807) is 43.3 Å². The Kier molecular flexibility index (Phi) is 4.11. The molecule has 0 radical (unpaired) electrons. The number of imide groups is 1. The Morgan fingerprint density at radius 3 is 2.52 bits per heavy atom. The summed E-state index contributed by atoms with van der Waals surface area (Å²) in [6, 6.07) is 11.6. The van der Waals surface area contributed by atoms with Crippen molar-refractivity contribution >= 4 is 23.5 Å². The van der Waals surface area contributed by atoms with Crippen LogP contribution in [0.15, 0.2) is 53.1 Å². The third kappa shape index (κ3) is 2.35. The largest absolute Gasteiger partial charge is 0.468 e. The summed E-state index contributed by atoms with van der Waals surface area (Å²) in [6.07, 6.45) is 1.81. The molecule has 1 N–H and O–H groups in total. The van der Waals surface area contributed by atoms with Crippen LogP contribution in [0.5, 0.6) is 0 Å². The smallest absolute Gasteiger partial charge is 0.326 e. The van der Waals surface area contributed by atoms with Crippen molar-refractivity contribution in [2.75, 3.05) is 12.0 Å². The zero-order valence-corrected chi connectivity index (χ0v) is 15.0. The van der Waals surface area contributed by atoms with Crippen molar-refractivity contribution < 1.29 is 23.5 Å². The summed E-state index contributed by atoms with van der Waals surface area (Å²) in [5.41, 5.74) is -0.789. The van der Waals surface area contributed by atoms with Crippen LogP contribution in [0.2, 0.25) is 0 Å². The lowest BCUT2D eigenvalue weighted by Gasteiger charge is -2.31. The lowest BCUT2D eigenvalue weighted by molar-refractivity contribution is -0.152. The van der Waals surface area contributed by atoms with Gasteiger partial charge in [0.05, 0.1) is 36.9 Å². The molecule has 2 amide bonds. The zero-order valence-electron chi connectivity index (χ0n) is 15.0. The maximum atomic E-state index is 13.3. The van der Waals surface area contributed by atoms with Gasteiger partial charge in [-0.25, -0.2) is 4.90 Å². The van der Waals surface area contributed by atoms with Gasteiger partial charge in [-0.2, -0.15) is 0 Å². The van der Waals surface area contributed by atoms with E-state index in [1.807, 2.05) is 6.07 Å². The van der Waals surface area contributed by atoms with E-state index in [0.717, 1.165) is 0 Å². The predicted octanol–water partition coefficient (Wildman–Crippen LogP) is 2.05. The first kappa shape index (κ1) is 17.5. The summed E-state index contributed by atoms with van der Waals surface area (Å²) in [5.74, 6) is -2.39. The van der Waals surface area contributed by atoms with E-state index >= 15 is 0 Å². The van der Waals surface area contributed by atoms with E-state index in [-0.39, 0.29) is 5.91 Å². The number of para-hydroxylation sites is 1. The van der Waals surface area contributed by atoms with E-state index in [9.17, 15) is 14.4 Å². The lowest BCUT2D eigenvalue weighted by atomic mass is 9.78. The fraction of sp³-hybridized carbons (Fsp3) is 0.350. The van der Waals surface area contributed by atoms with Gasteiger partial charge in [-0.1, -0.05) is 25.1 Å². The minimum absolute atomic E-state index is 0.305. The minimum atomic E-state index is -1.28. The van der Waals surface area contributed by atoms with Crippen LogP contribution >= 0.6 is 0 Å². The highest BCUT2D eigenvalue weighted by Gasteiger charge is 2.68. The van der Waals surface area contributed by atoms with Crippen molar-refractivity contribution in [3.8, 4) is 0 Å². The van der Waals surface area contributed by atoms with Gasteiger partial charge in [-0.05, 0) is 30.7 Å². The van der Waals surface area contributed by atoms with Crippen molar-refractivity contribution in [2.24, 2.45) is 11.8 Å². The number of furan rings is 1. The van der Waals surface area contributed by atoms with Crippen molar-refractivity contribution in [1.82, 2.24) is 5.32 Å². The van der Waals surface area contributed by atoms with Crippen LogP contribution in [0.25, 0.3) is 0 Å². The zero-order chi connectivity index (χ0) is 19.2. The molecule has 2 aliphatic heterocycles. The SMILES string of the molecule is CC[C@@]1(C(=O)OC)N[C@@H](c2ccco2)[C@H]2C(=O)N(c3ccccc3)C(=O)[C@@H]21. The first-order valence-corrected chi connectivity index (χ1v) is 8.87. The summed E-state index contributed by atoms with van der Waals surface area (Å²) >= 11 is 0. The molecule has 4 atom stereocenters. The average molecular weight is 368 g/mol. The number of carbonyl (C=O) groups excluding carboxylic acids is 3. The van der Waals surface area contributed by atoms with Crippen molar-refractivity contribution in [1.29, 1.82) is 0 Å². The highest BCUT2D eigenvalue weighted by molar-refractivity contribution is 6.24. The minimum Gasteiger partial charge on any atom is -0.468 e. The molecule has 2 fully saturated rings. The molecule has 0 spiro atoms. The average Bonchev–Trinajstić information content (AvgIpc) is 3.39. The Morgan fingerprint density at radius 2 is 1.93 bits per heavy atom. The normalized spacial score (nSPS) is 29.9. The Labute approximate surface area is 156 Å². The van der Waals surface area contributed by atoms with Crippen LogP contribution in [0.4, 0.5) is 5.69 Å². The number of rotatable bonds is 4. The van der Waals surface area contributed by atoms with Crippen LogP contribution in [0.1, 0.15) is 25.1 Å². The summed E-state index contributed by atoms with van der Waals surface area (Å²) in [6.45, 7) is 1.80. The van der Waals surface area contributed by atoms with Gasteiger partial charge in [0.2, 0.25) is 11.8 Å². The first-order chi connectivity index (χ1) is 13.0. The topological polar surface area (TPSA) is 88.8 Å². The molecule has 0 saturated carbocycles. The van der Waals surface area contributed by atoms with E-state index in [4.69, 9.17) is 9.15 Å². The van der Waals surface area contributed by atoms with Crippen LogP contribution < -0.4 is 10.2 Å². The third-order valence-corrected chi connectivity index (χ3v) is 5.63. The molecule has 2 aliphatic rings. The maximum absolute atomic E-state index is 13.3. The summed E-state index contributed by atoms with van der Waals surface area (Å²) in [5, 5.41) is 3.21. The molecule has 2 aromatic rings. The van der Waals surface area contributed by atoms with Gasteiger partial charge in [0, 0.05) is 0 Å². The van der Waals surface area contributed by atoms with Crippen molar-refractivity contribution in [2.45, 2.75) is 24.9 Å². The summed E-state index contributed by atoms with van der Waals surface area (Å²) in [4.78, 5) is 40.5. The Balaban J connectivity index is 1.85. The number of anilines is 1. The molecule has 2 saturated heterocycles. The van der Waals surface area contributed by atoms with E-state index in [1.165, 1.54) is 18.3 Å². The number of nitrogens with one attached hydrogen (secondary N) is 1. The summed E-state index contributed by atoms with van der Waals surface area (Å²) < 4.78 is 10.5. The van der Waals surface area contributed by atoms with E-state index in [2.05, 4.69) is 5.32 Å². The monoisotopic (exact) mass is 368 g/mol. The molecule has 27 heavy (non-hydrogen) atoms. The van der Waals surface area contributed by atoms with Gasteiger partial charge >= 0.3 is 5.97 Å². The van der Waals surface area contributed by atoms with Gasteiger partial charge < -0.3 is 9.15 Å². The van der Waals surface area contributed by atoms with Crippen molar-refractivity contribution in [3.05, 3.63) is 54.5 Å². The standard InChI is InChI=1S/C20H20N2O5/c1-3-20(19(25)26-2)15-14(16(21-20)13-10-7-11-27-13)17(23)22(18(15)24)12-8-5-4-6-9-12/h4-11,14-16,21H,3H2,1-2H3/t14-,15+,16-,20+/m0/s1. The molecule has 0 unspecified atom stereocenters. The fourth-order valence-electron chi connectivity index (χ4n) is 4.38. The lowest BCUT2D eigenvalue weighted by Crippen LogP contribution is -2.55. The third-order valence-electron chi connectivity index (χ3n) is 5.63. The quantitative estimate of drug-likeness (QED) is 0.656. The molecule has 140 valence electrons. The highest BCUT2D eigenvalue weighted by atomic mass is 16.5. The van der Waals surface area contributed by atoms with Crippen molar-refractivity contribution in [3.63, 3.8) is 0 Å². The number of carbonyl (C=O) groups is 3. The number of amides is 2. The van der Waals surface area contributed by atoms with Gasteiger partial charge in [0.1, 0.15) is 11.3 Å². The molecular formula is C20H20N2O5. The number of benzene rings is 1. The van der Waals surface area contributed by atoms with Gasteiger partial charge in [0.25, 0.3) is 0 Å². The second kappa shape index (κ2) is 6.35. The fourth-order valence-corrected chi connectivity index (χ4v) is 4.38. The van der Waals surface area contributed by atoms with Crippen LogP contribution in [-0.2, 0) is 19.1 Å². The number of hydrogen-bond acceptors (Lipinski definition) is 6. The predicted molar refractivity (Wildman–Crippen MR) is 95.5 cm³/mol. The Morgan fingerprint density at radius 1 is 1.19 bits per heavy atom. The second-order valence-electron chi connectivity index (χ2n) is 6.80. The molecule has 1 aromatic carbocycles. The molecule has 3 heterocycles. The van der Waals surface area contributed by atoms with E-state index < -0.39 is 35.3 Å². The molecule has 1 aromatic heterocycles. The molecule has 7 heteroatoms. The molecule has 7 nitrogen and oxygen atoms in total. The van der Waals surface area contributed by atoms with Crippen LogP contribution in [0.3, 0.4) is 0 Å². The molecule has 0 bridgehead atoms. The number of esters is 1. The van der Waals surface area contributed by atoms with Gasteiger partial charge in [-0.15, -0.1) is 0 Å². The molecule has 4 rings (SSSR count). The van der Waals surface area contributed by atoms with Crippen LogP contribution in [0, 0.1) is 11.8 Å². The summed E-state index contributed by atoms with van der Waals surface area (Å²) in [7, 11) is 1.28. The number of methoxy groups -OCH3 is 1. The maximum Gasteiger partial charge on any atom is 0.326 e. The number of nitrogens with zero attached hydrogens (tertiary/aromatic N) is 1. The number of hydrogen-bond donors (Lipinski definition) is 1. The molecule has 0 aliphatic carbocycles. The highest BCUT2D eigenvalue weighted by Crippen LogP contribution is 2.51. The van der Waals surface area contributed by atoms with Gasteiger partial charge in [0.15, 0.2) is 0 Å². The van der Waals surface area contributed by atoms with Crippen LogP contribution in [-0.4, -0.2) is 30.4 Å². The number of ether oxygens (including phenoxy) is 1. The first-order valence-electron chi connectivity index (χ1n) is 8.87. The number of fused-ring (bicyclic) bond motifs is 1. The molecular weight excluding hydrogens is 348 g/mol. The second-order valence-corrected chi connectivity index (χ2v) is 6.80.